The van der Waals surface area contributed by atoms with Crippen molar-refractivity contribution in [2.45, 2.75) is 70.9 Å². The molecule has 2 N–H and O–H groups in total. The highest BCUT2D eigenvalue weighted by Gasteiger charge is 2.52. The molecule has 1 aromatic carbocycles. The van der Waals surface area contributed by atoms with Crippen LogP contribution in [-0.4, -0.2) is 61.1 Å². The number of halogens is 3. The Morgan fingerprint density at radius 2 is 1.82 bits per heavy atom. The molecule has 0 spiro atoms. The SMILES string of the molecule is CCC(CCOC)Nc1nc(Nc2ccc(B3OC(C)(C)C(C)(C)O3)c(C(=O)OC)c2)ncc1C(F)(F)F. The third kappa shape index (κ3) is 6.56. The minimum absolute atomic E-state index is 0.0821. The summed E-state index contributed by atoms with van der Waals surface area (Å²) in [5.41, 5.74) is -1.24. The minimum Gasteiger partial charge on any atom is -0.465 e. The number of esters is 1. The van der Waals surface area contributed by atoms with Crippen LogP contribution in [0.2, 0.25) is 0 Å². The molecule has 2 aromatic rings. The van der Waals surface area contributed by atoms with E-state index in [1.54, 1.807) is 12.1 Å². The van der Waals surface area contributed by atoms with Crippen LogP contribution in [0.3, 0.4) is 0 Å². The van der Waals surface area contributed by atoms with Gasteiger partial charge >= 0.3 is 19.3 Å². The molecule has 0 bridgehead atoms. The van der Waals surface area contributed by atoms with Gasteiger partial charge in [-0.05, 0) is 58.1 Å². The number of methoxy groups -OCH3 is 2. The maximum Gasteiger partial charge on any atom is 0.495 e. The first-order chi connectivity index (χ1) is 17.7. The van der Waals surface area contributed by atoms with Crippen molar-refractivity contribution in [3.05, 3.63) is 35.5 Å². The largest absolute Gasteiger partial charge is 0.495 e. The fraction of sp³-hybridized carbons (Fsp3) is 0.560. The van der Waals surface area contributed by atoms with E-state index < -0.39 is 36.0 Å². The Hall–Kier alpha value is -2.90. The van der Waals surface area contributed by atoms with E-state index in [0.29, 0.717) is 30.6 Å². The molecular weight excluding hydrogens is 504 g/mol. The summed E-state index contributed by atoms with van der Waals surface area (Å²) in [6.07, 6.45) is -2.86. The molecule has 1 aliphatic heterocycles. The third-order valence-electron chi connectivity index (χ3n) is 6.82. The Morgan fingerprint density at radius 1 is 1.16 bits per heavy atom. The van der Waals surface area contributed by atoms with Crippen molar-refractivity contribution in [3.8, 4) is 0 Å². The van der Waals surface area contributed by atoms with E-state index >= 15 is 0 Å². The number of hydrogen-bond acceptors (Lipinski definition) is 9. The van der Waals surface area contributed by atoms with Crippen molar-refractivity contribution in [1.82, 2.24) is 9.97 Å². The summed E-state index contributed by atoms with van der Waals surface area (Å²) in [6, 6.07) is 4.48. The maximum atomic E-state index is 13.7. The summed E-state index contributed by atoms with van der Waals surface area (Å²) in [6.45, 7) is 9.82. The zero-order valence-corrected chi connectivity index (χ0v) is 22.7. The molecular formula is C25H34BF3N4O5. The fourth-order valence-electron chi connectivity index (χ4n) is 3.82. The normalized spacial score (nSPS) is 17.3. The zero-order chi connectivity index (χ0) is 28.3. The second-order valence-electron chi connectivity index (χ2n) is 9.99. The van der Waals surface area contributed by atoms with Crippen LogP contribution in [0.1, 0.15) is 63.4 Å². The number of ether oxygens (including phenoxy) is 2. The molecule has 0 amide bonds. The van der Waals surface area contributed by atoms with Crippen LogP contribution in [-0.2, 0) is 25.0 Å². The van der Waals surface area contributed by atoms with Crippen LogP contribution >= 0.6 is 0 Å². The van der Waals surface area contributed by atoms with Gasteiger partial charge in [0.15, 0.2) is 0 Å². The number of anilines is 3. The lowest BCUT2D eigenvalue weighted by Gasteiger charge is -2.32. The molecule has 1 aliphatic rings. The van der Waals surface area contributed by atoms with Gasteiger partial charge in [-0.15, -0.1) is 0 Å². The second kappa shape index (κ2) is 11.5. The highest BCUT2D eigenvalue weighted by Crippen LogP contribution is 2.37. The molecule has 13 heteroatoms. The van der Waals surface area contributed by atoms with Crippen LogP contribution in [0, 0.1) is 0 Å². The number of hydrogen-bond donors (Lipinski definition) is 2. The van der Waals surface area contributed by atoms with Gasteiger partial charge in [-0.2, -0.15) is 18.2 Å². The fourth-order valence-corrected chi connectivity index (χ4v) is 3.82. The van der Waals surface area contributed by atoms with Gasteiger partial charge in [0.25, 0.3) is 0 Å². The van der Waals surface area contributed by atoms with Gasteiger partial charge in [0.05, 0.1) is 23.9 Å². The predicted molar refractivity (Wildman–Crippen MR) is 138 cm³/mol. The summed E-state index contributed by atoms with van der Waals surface area (Å²) < 4.78 is 63.1. The van der Waals surface area contributed by atoms with Crippen LogP contribution in [0.25, 0.3) is 0 Å². The quantitative estimate of drug-likeness (QED) is 0.333. The first-order valence-electron chi connectivity index (χ1n) is 12.3. The van der Waals surface area contributed by atoms with E-state index in [2.05, 4.69) is 20.6 Å². The van der Waals surface area contributed by atoms with Crippen molar-refractivity contribution in [1.29, 1.82) is 0 Å². The lowest BCUT2D eigenvalue weighted by Crippen LogP contribution is -2.41. The molecule has 0 radical (unpaired) electrons. The molecule has 38 heavy (non-hydrogen) atoms. The summed E-state index contributed by atoms with van der Waals surface area (Å²) in [5, 5.41) is 5.75. The van der Waals surface area contributed by atoms with E-state index in [0.717, 1.165) is 6.20 Å². The standard InChI is InChI=1S/C25H34BF3N4O5/c1-8-15(11-12-35-6)31-20-18(25(27,28)29)14-30-22(33-20)32-16-9-10-19(17(13-16)21(34)36-7)26-37-23(2,3)24(4,5)38-26/h9-10,13-15H,8,11-12H2,1-7H3,(H2,30,31,32,33). The molecule has 9 nitrogen and oxygen atoms in total. The summed E-state index contributed by atoms with van der Waals surface area (Å²) in [5.74, 6) is -1.06. The number of nitrogens with one attached hydrogen (secondary N) is 2. The first-order valence-corrected chi connectivity index (χ1v) is 12.3. The number of rotatable bonds is 10. The average molecular weight is 538 g/mol. The van der Waals surface area contributed by atoms with Gasteiger partial charge in [0.2, 0.25) is 5.95 Å². The van der Waals surface area contributed by atoms with Gasteiger partial charge in [-0.25, -0.2) is 9.78 Å². The molecule has 208 valence electrons. The monoisotopic (exact) mass is 538 g/mol. The molecule has 0 saturated carbocycles. The van der Waals surface area contributed by atoms with Crippen molar-refractivity contribution in [3.63, 3.8) is 0 Å². The smallest absolute Gasteiger partial charge is 0.465 e. The number of carbonyl (C=O) groups excluding carboxylic acids is 1. The average Bonchev–Trinajstić information content (AvgIpc) is 3.06. The highest BCUT2D eigenvalue weighted by molar-refractivity contribution is 6.63. The van der Waals surface area contributed by atoms with Crippen molar-refractivity contribution >= 4 is 36.0 Å². The second-order valence-corrected chi connectivity index (χ2v) is 9.99. The molecule has 0 aliphatic carbocycles. The topological polar surface area (TPSA) is 104 Å². The zero-order valence-electron chi connectivity index (χ0n) is 22.7. The first kappa shape index (κ1) is 29.7. The van der Waals surface area contributed by atoms with E-state index in [9.17, 15) is 18.0 Å². The highest BCUT2D eigenvalue weighted by atomic mass is 19.4. The lowest BCUT2D eigenvalue weighted by atomic mass is 9.75. The van der Waals surface area contributed by atoms with Gasteiger partial charge in [0, 0.05) is 31.6 Å². The van der Waals surface area contributed by atoms with E-state index in [1.165, 1.54) is 20.3 Å². The van der Waals surface area contributed by atoms with Crippen LogP contribution in [0.15, 0.2) is 24.4 Å². The molecule has 1 fully saturated rings. The Kier molecular flexibility index (Phi) is 8.95. The van der Waals surface area contributed by atoms with Crippen molar-refractivity contribution in [2.24, 2.45) is 0 Å². The van der Waals surface area contributed by atoms with Crippen LogP contribution in [0.4, 0.5) is 30.6 Å². The number of nitrogens with zero attached hydrogens (tertiary/aromatic N) is 2. The Bertz CT molecular complexity index is 1130. The van der Waals surface area contributed by atoms with Crippen LogP contribution in [0.5, 0.6) is 0 Å². The summed E-state index contributed by atoms with van der Waals surface area (Å²) in [4.78, 5) is 20.6. The molecule has 2 heterocycles. The molecule has 1 unspecified atom stereocenters. The molecule has 1 aromatic heterocycles. The summed E-state index contributed by atoms with van der Waals surface area (Å²) >= 11 is 0. The van der Waals surface area contributed by atoms with Gasteiger partial charge in [0.1, 0.15) is 11.4 Å². The molecule has 1 saturated heterocycles. The molecule has 1 atom stereocenters. The third-order valence-corrected chi connectivity index (χ3v) is 6.82. The van der Waals surface area contributed by atoms with Gasteiger partial charge in [-0.1, -0.05) is 13.0 Å². The Labute approximate surface area is 221 Å². The number of benzene rings is 1. The number of alkyl halides is 3. The van der Waals surface area contributed by atoms with Crippen LogP contribution < -0.4 is 16.1 Å². The number of carbonyl (C=O) groups is 1. The maximum absolute atomic E-state index is 13.7. The number of aromatic nitrogens is 2. The lowest BCUT2D eigenvalue weighted by molar-refractivity contribution is -0.137. The van der Waals surface area contributed by atoms with E-state index in [4.69, 9.17) is 18.8 Å². The Morgan fingerprint density at radius 3 is 2.37 bits per heavy atom. The minimum atomic E-state index is -4.65. The van der Waals surface area contributed by atoms with E-state index in [1.807, 2.05) is 34.6 Å². The van der Waals surface area contributed by atoms with Gasteiger partial charge in [-0.3, -0.25) is 0 Å². The predicted octanol–water partition coefficient (Wildman–Crippen LogP) is 4.55. The van der Waals surface area contributed by atoms with Crippen molar-refractivity contribution < 1.29 is 36.7 Å². The molecule has 3 rings (SSSR count). The van der Waals surface area contributed by atoms with Crippen molar-refractivity contribution in [2.75, 3.05) is 31.5 Å². The summed E-state index contributed by atoms with van der Waals surface area (Å²) in [7, 11) is 1.96. The Balaban J connectivity index is 1.94. The van der Waals surface area contributed by atoms with Gasteiger partial charge < -0.3 is 29.4 Å². The van der Waals surface area contributed by atoms with E-state index in [-0.39, 0.29) is 23.4 Å².